The minimum Gasteiger partial charge on any atom is -0.378 e. The van der Waals surface area contributed by atoms with E-state index in [2.05, 4.69) is 5.32 Å². The van der Waals surface area contributed by atoms with E-state index in [-0.39, 0.29) is 5.91 Å². The molecule has 0 heterocycles. The summed E-state index contributed by atoms with van der Waals surface area (Å²) in [7, 11) is 0. The first-order valence-corrected chi connectivity index (χ1v) is 9.25. The van der Waals surface area contributed by atoms with Crippen LogP contribution >= 0.6 is 22.6 Å². The van der Waals surface area contributed by atoms with Gasteiger partial charge < -0.3 is 34.7 Å². The van der Waals surface area contributed by atoms with Gasteiger partial charge in [0.2, 0.25) is 5.91 Å². The monoisotopic (exact) mass is 448 g/mol. The molecular formula is C14H29IN2O6. The lowest BCUT2D eigenvalue weighted by atomic mass is 10.6. The third-order valence-corrected chi connectivity index (χ3v) is 3.13. The van der Waals surface area contributed by atoms with Crippen LogP contribution in [0.2, 0.25) is 0 Å². The first-order valence-electron chi connectivity index (χ1n) is 7.72. The zero-order valence-corrected chi connectivity index (χ0v) is 15.8. The Morgan fingerprint density at radius 3 is 1.52 bits per heavy atom. The third-order valence-electron chi connectivity index (χ3n) is 2.44. The zero-order valence-electron chi connectivity index (χ0n) is 13.6. The van der Waals surface area contributed by atoms with Crippen molar-refractivity contribution in [3.8, 4) is 0 Å². The molecule has 0 aliphatic heterocycles. The Hall–Kier alpha value is -0.0400. The molecule has 0 unspecified atom stereocenters. The number of hydrogen-bond donors (Lipinski definition) is 2. The van der Waals surface area contributed by atoms with E-state index in [1.807, 2.05) is 22.6 Å². The molecule has 0 saturated carbocycles. The number of halogens is 1. The maximum absolute atomic E-state index is 10.9. The lowest BCUT2D eigenvalue weighted by molar-refractivity contribution is -0.118. The Kier molecular flexibility index (Phi) is 20.0. The van der Waals surface area contributed by atoms with Crippen molar-refractivity contribution < 1.29 is 28.5 Å². The molecule has 138 valence electrons. The number of carbonyl (C=O) groups excluding carboxylic acids is 1. The van der Waals surface area contributed by atoms with E-state index in [4.69, 9.17) is 29.4 Å². The second-order valence-corrected chi connectivity index (χ2v) is 5.10. The Morgan fingerprint density at radius 2 is 1.13 bits per heavy atom. The Morgan fingerprint density at radius 1 is 0.739 bits per heavy atom. The predicted molar refractivity (Wildman–Crippen MR) is 95.0 cm³/mol. The molecule has 0 aromatic carbocycles. The van der Waals surface area contributed by atoms with Gasteiger partial charge in [0.1, 0.15) is 0 Å². The van der Waals surface area contributed by atoms with Crippen molar-refractivity contribution in [1.82, 2.24) is 5.32 Å². The standard InChI is InChI=1S/C14H29IN2O6/c15-13-14(18)17-2-4-20-6-8-22-10-12-23-11-9-21-7-5-19-3-1-16/h1-13,16H2,(H,17,18). The second kappa shape index (κ2) is 20.0. The molecule has 0 aromatic rings. The minimum atomic E-state index is 0.0228. The molecule has 23 heavy (non-hydrogen) atoms. The quantitative estimate of drug-likeness (QED) is 0.167. The Bertz CT molecular complexity index is 261. The maximum Gasteiger partial charge on any atom is 0.229 e. The highest BCUT2D eigenvalue weighted by Crippen LogP contribution is 1.84. The summed E-state index contributed by atoms with van der Waals surface area (Å²) in [5.74, 6) is 0.0228. The molecule has 0 radical (unpaired) electrons. The van der Waals surface area contributed by atoms with Gasteiger partial charge in [-0.3, -0.25) is 4.79 Å². The number of ether oxygens (including phenoxy) is 5. The summed E-state index contributed by atoms with van der Waals surface area (Å²) in [4.78, 5) is 10.9. The van der Waals surface area contributed by atoms with Crippen LogP contribution in [-0.4, -0.2) is 89.5 Å². The Balaban J connectivity index is 2.99. The van der Waals surface area contributed by atoms with Crippen LogP contribution in [0.3, 0.4) is 0 Å². The van der Waals surface area contributed by atoms with Crippen LogP contribution in [0.1, 0.15) is 0 Å². The first kappa shape index (κ1) is 23.0. The average Bonchev–Trinajstić information content (AvgIpc) is 2.57. The molecule has 0 spiro atoms. The van der Waals surface area contributed by atoms with Gasteiger partial charge in [-0.25, -0.2) is 0 Å². The number of rotatable bonds is 18. The molecule has 0 atom stereocenters. The van der Waals surface area contributed by atoms with Crippen LogP contribution < -0.4 is 11.1 Å². The van der Waals surface area contributed by atoms with E-state index in [9.17, 15) is 4.79 Å². The van der Waals surface area contributed by atoms with Crippen LogP contribution in [0, 0.1) is 0 Å². The first-order chi connectivity index (χ1) is 11.3. The topological polar surface area (TPSA) is 101 Å². The van der Waals surface area contributed by atoms with Crippen molar-refractivity contribution in [3.05, 3.63) is 0 Å². The van der Waals surface area contributed by atoms with E-state index in [0.29, 0.717) is 83.6 Å². The van der Waals surface area contributed by atoms with Crippen molar-refractivity contribution in [3.63, 3.8) is 0 Å². The van der Waals surface area contributed by atoms with Crippen LogP contribution in [-0.2, 0) is 28.5 Å². The number of nitrogens with two attached hydrogens (primary N) is 1. The molecule has 0 rings (SSSR count). The van der Waals surface area contributed by atoms with Crippen molar-refractivity contribution in [2.45, 2.75) is 0 Å². The normalized spacial score (nSPS) is 10.9. The molecule has 0 bridgehead atoms. The van der Waals surface area contributed by atoms with Crippen LogP contribution in [0.4, 0.5) is 0 Å². The molecule has 0 aromatic heterocycles. The van der Waals surface area contributed by atoms with Gasteiger partial charge in [0.15, 0.2) is 0 Å². The molecular weight excluding hydrogens is 419 g/mol. The SMILES string of the molecule is NCCOCCOCCOCCOCCOCCNC(=O)CI. The van der Waals surface area contributed by atoms with Gasteiger partial charge in [-0.1, -0.05) is 22.6 Å². The van der Waals surface area contributed by atoms with Gasteiger partial charge in [-0.15, -0.1) is 0 Å². The highest BCUT2D eigenvalue weighted by Gasteiger charge is 1.96. The largest absolute Gasteiger partial charge is 0.378 e. The summed E-state index contributed by atoms with van der Waals surface area (Å²) < 4.78 is 26.9. The van der Waals surface area contributed by atoms with E-state index in [1.165, 1.54) is 0 Å². The number of alkyl halides is 1. The number of amides is 1. The molecule has 0 fully saturated rings. The van der Waals surface area contributed by atoms with E-state index in [0.717, 1.165) is 0 Å². The highest BCUT2D eigenvalue weighted by atomic mass is 127. The fourth-order valence-electron chi connectivity index (χ4n) is 1.37. The lowest BCUT2D eigenvalue weighted by Crippen LogP contribution is -2.28. The molecule has 9 heteroatoms. The van der Waals surface area contributed by atoms with Gasteiger partial charge in [-0.2, -0.15) is 0 Å². The van der Waals surface area contributed by atoms with Crippen molar-refractivity contribution in [1.29, 1.82) is 0 Å². The summed E-state index contributed by atoms with van der Waals surface area (Å²) in [6.07, 6.45) is 0. The van der Waals surface area contributed by atoms with Crippen LogP contribution in [0.15, 0.2) is 0 Å². The number of hydrogen-bond acceptors (Lipinski definition) is 7. The van der Waals surface area contributed by atoms with E-state index >= 15 is 0 Å². The summed E-state index contributed by atoms with van der Waals surface area (Å²) in [6, 6.07) is 0. The second-order valence-electron chi connectivity index (χ2n) is 4.33. The maximum atomic E-state index is 10.9. The minimum absolute atomic E-state index is 0.0228. The van der Waals surface area contributed by atoms with Crippen molar-refractivity contribution >= 4 is 28.5 Å². The molecule has 0 aliphatic rings. The average molecular weight is 448 g/mol. The summed E-state index contributed by atoms with van der Waals surface area (Å²) in [6.45, 7) is 6.37. The van der Waals surface area contributed by atoms with E-state index < -0.39 is 0 Å². The number of carbonyl (C=O) groups is 1. The van der Waals surface area contributed by atoms with Gasteiger partial charge >= 0.3 is 0 Å². The van der Waals surface area contributed by atoms with Crippen LogP contribution in [0.25, 0.3) is 0 Å². The van der Waals surface area contributed by atoms with Crippen molar-refractivity contribution in [2.75, 3.05) is 83.6 Å². The number of nitrogens with one attached hydrogen (secondary N) is 1. The van der Waals surface area contributed by atoms with Crippen LogP contribution in [0.5, 0.6) is 0 Å². The smallest absolute Gasteiger partial charge is 0.229 e. The van der Waals surface area contributed by atoms with E-state index in [1.54, 1.807) is 0 Å². The molecule has 8 nitrogen and oxygen atoms in total. The highest BCUT2D eigenvalue weighted by molar-refractivity contribution is 14.1. The summed E-state index contributed by atoms with van der Waals surface area (Å²) >= 11 is 2.02. The fraction of sp³-hybridized carbons (Fsp3) is 0.929. The van der Waals surface area contributed by atoms with Gasteiger partial charge in [0.05, 0.1) is 70.5 Å². The Labute approximate surface area is 151 Å². The molecule has 0 saturated heterocycles. The molecule has 0 aliphatic carbocycles. The molecule has 3 N–H and O–H groups in total. The molecule has 1 amide bonds. The third kappa shape index (κ3) is 19.9. The summed E-state index contributed by atoms with van der Waals surface area (Å²) in [5.41, 5.74) is 5.28. The lowest BCUT2D eigenvalue weighted by Gasteiger charge is -2.08. The predicted octanol–water partition coefficient (Wildman–Crippen LogP) is -0.421. The zero-order chi connectivity index (χ0) is 17.0. The van der Waals surface area contributed by atoms with Gasteiger partial charge in [-0.05, 0) is 0 Å². The van der Waals surface area contributed by atoms with Gasteiger partial charge in [0.25, 0.3) is 0 Å². The van der Waals surface area contributed by atoms with Crippen molar-refractivity contribution in [2.24, 2.45) is 5.73 Å². The summed E-state index contributed by atoms with van der Waals surface area (Å²) in [5, 5.41) is 2.72. The van der Waals surface area contributed by atoms with Gasteiger partial charge in [0, 0.05) is 13.1 Å². The fourth-order valence-corrected chi connectivity index (χ4v) is 1.64.